The molecule has 3 aromatic carbocycles. The van der Waals surface area contributed by atoms with Gasteiger partial charge in [0, 0.05) is 17.7 Å². The van der Waals surface area contributed by atoms with Gasteiger partial charge in [-0.05, 0) is 49.4 Å². The highest BCUT2D eigenvalue weighted by atomic mass is 32.2. The van der Waals surface area contributed by atoms with Crippen LogP contribution in [0.3, 0.4) is 0 Å². The molecule has 1 aromatic heterocycles. The minimum absolute atomic E-state index is 0.000115. The van der Waals surface area contributed by atoms with E-state index in [1.807, 2.05) is 78.6 Å². The summed E-state index contributed by atoms with van der Waals surface area (Å²) < 4.78 is 32.5. The molecule has 3 heterocycles. The highest BCUT2D eigenvalue weighted by molar-refractivity contribution is 7.91. The van der Waals surface area contributed by atoms with E-state index in [1.54, 1.807) is 4.68 Å². The van der Waals surface area contributed by atoms with E-state index >= 15 is 0 Å². The number of rotatable bonds is 9. The molecule has 1 fully saturated rings. The Kier molecular flexibility index (Phi) is 7.43. The summed E-state index contributed by atoms with van der Waals surface area (Å²) in [5, 5.41) is 5.00. The molecule has 0 unspecified atom stereocenters. The van der Waals surface area contributed by atoms with Gasteiger partial charge in [0.05, 0.1) is 35.9 Å². The Morgan fingerprint density at radius 2 is 1.71 bits per heavy atom. The van der Waals surface area contributed by atoms with Crippen molar-refractivity contribution >= 4 is 15.7 Å². The number of nitrogens with zero attached hydrogens (tertiary/aromatic N) is 3. The number of hydrogen-bond acceptors (Lipinski definition) is 5. The molecule has 4 aromatic rings. The molecule has 0 aliphatic carbocycles. The molecule has 0 radical (unpaired) electrons. The van der Waals surface area contributed by atoms with Crippen molar-refractivity contribution in [1.29, 1.82) is 0 Å². The molecule has 6 rings (SSSR count). The average Bonchev–Trinajstić information content (AvgIpc) is 3.63. The molecule has 1 saturated heterocycles. The molecule has 1 amide bonds. The van der Waals surface area contributed by atoms with Crippen molar-refractivity contribution in [2.75, 3.05) is 24.7 Å². The predicted octanol–water partition coefficient (Wildman–Crippen LogP) is 5.79. The van der Waals surface area contributed by atoms with Crippen LogP contribution in [-0.4, -0.2) is 53.7 Å². The Bertz CT molecular complexity index is 1650. The van der Waals surface area contributed by atoms with Crippen LogP contribution in [0.2, 0.25) is 0 Å². The minimum Gasteiger partial charge on any atom is -0.494 e. The Balaban J connectivity index is 1.49. The van der Waals surface area contributed by atoms with Gasteiger partial charge in [0.2, 0.25) is 0 Å². The summed E-state index contributed by atoms with van der Waals surface area (Å²) in [6.07, 6.45) is 2.08. The van der Waals surface area contributed by atoms with Crippen LogP contribution in [0.15, 0.2) is 78.9 Å². The molecule has 7 nitrogen and oxygen atoms in total. The molecule has 41 heavy (non-hydrogen) atoms. The number of hydrogen-bond donors (Lipinski definition) is 0. The first-order valence-corrected chi connectivity index (χ1v) is 16.1. The first-order valence-electron chi connectivity index (χ1n) is 14.3. The molecule has 2 aliphatic heterocycles. The number of aromatic nitrogens is 2. The third kappa shape index (κ3) is 5.40. The first kappa shape index (κ1) is 27.3. The summed E-state index contributed by atoms with van der Waals surface area (Å²) in [6, 6.07) is 25.6. The third-order valence-corrected chi connectivity index (χ3v) is 9.78. The first-order chi connectivity index (χ1) is 19.8. The monoisotopic (exact) mass is 569 g/mol. The van der Waals surface area contributed by atoms with Gasteiger partial charge in [-0.3, -0.25) is 9.48 Å². The fraction of sp³-hybridized carbons (Fsp3) is 0.333. The van der Waals surface area contributed by atoms with Gasteiger partial charge in [0.1, 0.15) is 11.4 Å². The van der Waals surface area contributed by atoms with Crippen molar-refractivity contribution in [3.05, 3.63) is 107 Å². The number of fused-ring (bicyclic) bond motifs is 1. The van der Waals surface area contributed by atoms with E-state index in [4.69, 9.17) is 9.84 Å². The average molecular weight is 570 g/mol. The van der Waals surface area contributed by atoms with Crippen LogP contribution in [0, 0.1) is 6.92 Å². The SMILES string of the molecule is CCCOc1ccc([C@@H]2c3c(-c4ccc(C)cc4)nn([C@@H]4CCS(=O)(=O)C4)c3C(=O)N2CCc2ccccc2)cc1. The van der Waals surface area contributed by atoms with Gasteiger partial charge in [0.15, 0.2) is 9.84 Å². The number of ether oxygens (including phenoxy) is 1. The number of aryl methyl sites for hydroxylation is 1. The summed E-state index contributed by atoms with van der Waals surface area (Å²) in [5.74, 6) is 0.796. The van der Waals surface area contributed by atoms with Gasteiger partial charge < -0.3 is 9.64 Å². The maximum Gasteiger partial charge on any atom is 0.273 e. The molecule has 8 heteroatoms. The van der Waals surface area contributed by atoms with Crippen molar-refractivity contribution < 1.29 is 17.9 Å². The fourth-order valence-electron chi connectivity index (χ4n) is 5.92. The summed E-state index contributed by atoms with van der Waals surface area (Å²) >= 11 is 0. The van der Waals surface area contributed by atoms with Crippen LogP contribution < -0.4 is 4.74 Å². The lowest BCUT2D eigenvalue weighted by Crippen LogP contribution is -2.32. The van der Waals surface area contributed by atoms with Crippen molar-refractivity contribution in [1.82, 2.24) is 14.7 Å². The summed E-state index contributed by atoms with van der Waals surface area (Å²) in [4.78, 5) is 16.3. The highest BCUT2D eigenvalue weighted by Crippen LogP contribution is 2.45. The van der Waals surface area contributed by atoms with Crippen molar-refractivity contribution in [3.8, 4) is 17.0 Å². The second-order valence-corrected chi connectivity index (χ2v) is 13.3. The van der Waals surface area contributed by atoms with Crippen LogP contribution in [0.4, 0.5) is 0 Å². The quantitative estimate of drug-likeness (QED) is 0.255. The summed E-state index contributed by atoms with van der Waals surface area (Å²) in [5.41, 5.74) is 6.26. The Hall–Kier alpha value is -3.91. The van der Waals surface area contributed by atoms with E-state index < -0.39 is 9.84 Å². The summed E-state index contributed by atoms with van der Waals surface area (Å²) in [6.45, 7) is 5.27. The second kappa shape index (κ2) is 11.2. The third-order valence-electron chi connectivity index (χ3n) is 8.03. The molecule has 212 valence electrons. The van der Waals surface area contributed by atoms with Gasteiger partial charge in [-0.25, -0.2) is 8.42 Å². The second-order valence-electron chi connectivity index (χ2n) is 11.0. The Morgan fingerprint density at radius 3 is 2.37 bits per heavy atom. The van der Waals surface area contributed by atoms with Crippen LogP contribution >= 0.6 is 0 Å². The van der Waals surface area contributed by atoms with Crippen LogP contribution in [0.25, 0.3) is 11.3 Å². The number of amides is 1. The molecule has 2 aliphatic rings. The molecule has 2 atom stereocenters. The molecule has 0 bridgehead atoms. The van der Waals surface area contributed by atoms with Gasteiger partial charge in [-0.1, -0.05) is 79.2 Å². The number of sulfone groups is 1. The van der Waals surface area contributed by atoms with E-state index in [9.17, 15) is 13.2 Å². The van der Waals surface area contributed by atoms with Crippen molar-refractivity contribution in [3.63, 3.8) is 0 Å². The fourth-order valence-corrected chi connectivity index (χ4v) is 7.62. The van der Waals surface area contributed by atoms with E-state index in [0.717, 1.165) is 45.7 Å². The lowest BCUT2D eigenvalue weighted by molar-refractivity contribution is 0.0738. The molecule has 0 spiro atoms. The zero-order valence-corrected chi connectivity index (χ0v) is 24.3. The van der Waals surface area contributed by atoms with Gasteiger partial charge in [-0.2, -0.15) is 5.10 Å². The smallest absolute Gasteiger partial charge is 0.273 e. The van der Waals surface area contributed by atoms with Gasteiger partial charge >= 0.3 is 0 Å². The minimum atomic E-state index is -3.18. The largest absolute Gasteiger partial charge is 0.494 e. The lowest BCUT2D eigenvalue weighted by atomic mass is 9.95. The van der Waals surface area contributed by atoms with E-state index in [2.05, 4.69) is 19.1 Å². The molecular weight excluding hydrogens is 534 g/mol. The topological polar surface area (TPSA) is 81.5 Å². The standard InChI is InChI=1S/C33H35N3O4S/c1-3-20-40-28-15-13-26(14-16-28)31-29-30(25-11-9-23(2)10-12-25)34-36(27-18-21-41(38,39)22-27)32(29)33(37)35(31)19-17-24-7-5-4-6-8-24/h4-16,27,31H,3,17-22H2,1-2H3/t27-,31-/m1/s1. The predicted molar refractivity (Wildman–Crippen MR) is 160 cm³/mol. The van der Waals surface area contributed by atoms with E-state index in [0.29, 0.717) is 31.7 Å². The molecular formula is C33H35N3O4S. The molecule has 0 N–H and O–H groups in total. The number of benzene rings is 3. The van der Waals surface area contributed by atoms with Gasteiger partial charge in [0.25, 0.3) is 5.91 Å². The normalized spacial score (nSPS) is 19.5. The maximum atomic E-state index is 14.3. The highest BCUT2D eigenvalue weighted by Gasteiger charge is 2.46. The molecule has 0 saturated carbocycles. The Labute approximate surface area is 241 Å². The van der Waals surface area contributed by atoms with Crippen LogP contribution in [0.5, 0.6) is 5.75 Å². The summed E-state index contributed by atoms with van der Waals surface area (Å²) in [7, 11) is -3.18. The van der Waals surface area contributed by atoms with E-state index in [-0.39, 0.29) is 29.5 Å². The van der Waals surface area contributed by atoms with Crippen molar-refractivity contribution in [2.24, 2.45) is 0 Å². The zero-order chi connectivity index (χ0) is 28.6. The zero-order valence-electron chi connectivity index (χ0n) is 23.5. The number of carbonyl (C=O) groups excluding carboxylic acids is 1. The van der Waals surface area contributed by atoms with E-state index in [1.165, 1.54) is 0 Å². The lowest BCUT2D eigenvalue weighted by Gasteiger charge is -2.27. The van der Waals surface area contributed by atoms with Crippen LogP contribution in [0.1, 0.15) is 64.6 Å². The van der Waals surface area contributed by atoms with Gasteiger partial charge in [-0.15, -0.1) is 0 Å². The maximum absolute atomic E-state index is 14.3. The Morgan fingerprint density at radius 1 is 0.976 bits per heavy atom. The van der Waals surface area contributed by atoms with Crippen LogP contribution in [-0.2, 0) is 16.3 Å². The number of carbonyl (C=O) groups is 1. The van der Waals surface area contributed by atoms with Crippen molar-refractivity contribution in [2.45, 2.75) is 45.2 Å².